The molecule has 0 amide bonds. The zero-order valence-corrected chi connectivity index (χ0v) is 6.75. The van der Waals surface area contributed by atoms with Gasteiger partial charge in [0.15, 0.2) is 0 Å². The number of carbonyl (C=O) groups excluding carboxylic acids is 1. The van der Waals surface area contributed by atoms with E-state index in [1.165, 1.54) is 6.92 Å². The van der Waals surface area contributed by atoms with Crippen molar-refractivity contribution in [1.82, 2.24) is 0 Å². The van der Waals surface area contributed by atoms with E-state index < -0.39 is 12.1 Å². The maximum Gasteiger partial charge on any atom is 0.334 e. The zero-order valence-electron chi connectivity index (χ0n) is 6.75. The van der Waals surface area contributed by atoms with E-state index in [9.17, 15) is 4.79 Å². The zero-order chi connectivity index (χ0) is 8.27. The molecule has 0 unspecified atom stereocenters. The van der Waals surface area contributed by atoms with Crippen LogP contribution >= 0.6 is 0 Å². The fourth-order valence-electron chi connectivity index (χ4n) is 1.27. The van der Waals surface area contributed by atoms with E-state index in [1.807, 2.05) is 0 Å². The normalized spacial score (nSPS) is 21.6. The smallest absolute Gasteiger partial charge is 0.334 e. The highest BCUT2D eigenvalue weighted by atomic mass is 16.6. The highest BCUT2D eigenvalue weighted by Crippen LogP contribution is 2.21. The quantitative estimate of drug-likeness (QED) is 0.606. The average molecular weight is 158 g/mol. The van der Waals surface area contributed by atoms with Crippen molar-refractivity contribution in [2.45, 2.75) is 44.8 Å². The lowest BCUT2D eigenvalue weighted by atomic mass is 10.3. The van der Waals surface area contributed by atoms with Crippen LogP contribution in [0.15, 0.2) is 0 Å². The van der Waals surface area contributed by atoms with Crippen LogP contribution in [0.25, 0.3) is 0 Å². The molecule has 3 heteroatoms. The molecule has 3 nitrogen and oxygen atoms in total. The highest BCUT2D eigenvalue weighted by molar-refractivity contribution is 5.73. The molecule has 1 aliphatic carbocycles. The third kappa shape index (κ3) is 2.50. The molecule has 1 fully saturated rings. The fraction of sp³-hybridized carbons (Fsp3) is 0.875. The Morgan fingerprint density at radius 3 is 2.55 bits per heavy atom. The summed E-state index contributed by atoms with van der Waals surface area (Å²) in [6, 6.07) is 0. The first-order chi connectivity index (χ1) is 5.20. The molecular weight excluding hydrogens is 144 g/mol. The van der Waals surface area contributed by atoms with Crippen LogP contribution in [0, 0.1) is 0 Å². The summed E-state index contributed by atoms with van der Waals surface area (Å²) >= 11 is 0. The second kappa shape index (κ2) is 3.72. The Labute approximate surface area is 66.4 Å². The molecule has 1 rings (SSSR count). The van der Waals surface area contributed by atoms with E-state index in [0.29, 0.717) is 0 Å². The average Bonchev–Trinajstić information content (AvgIpc) is 2.39. The van der Waals surface area contributed by atoms with Crippen LogP contribution in [0.3, 0.4) is 0 Å². The molecule has 0 spiro atoms. The monoisotopic (exact) mass is 158 g/mol. The molecule has 0 aromatic heterocycles. The number of rotatable bonds is 2. The predicted molar refractivity (Wildman–Crippen MR) is 40.0 cm³/mol. The van der Waals surface area contributed by atoms with E-state index in [0.717, 1.165) is 25.7 Å². The molecule has 0 radical (unpaired) electrons. The molecule has 1 aliphatic rings. The molecule has 0 bridgehead atoms. The number of hydrogen-bond donors (Lipinski definition) is 1. The summed E-state index contributed by atoms with van der Waals surface area (Å²) in [5.41, 5.74) is 0. The van der Waals surface area contributed by atoms with Gasteiger partial charge in [-0.05, 0) is 32.6 Å². The van der Waals surface area contributed by atoms with Gasteiger partial charge in [-0.15, -0.1) is 0 Å². The van der Waals surface area contributed by atoms with E-state index in [4.69, 9.17) is 9.84 Å². The van der Waals surface area contributed by atoms with Crippen molar-refractivity contribution >= 4 is 5.97 Å². The van der Waals surface area contributed by atoms with Gasteiger partial charge in [0, 0.05) is 0 Å². The third-order valence-corrected chi connectivity index (χ3v) is 1.93. The largest absolute Gasteiger partial charge is 0.460 e. The predicted octanol–water partition coefficient (Wildman–Crippen LogP) is 0.853. The fourth-order valence-corrected chi connectivity index (χ4v) is 1.27. The Bertz CT molecular complexity index is 136. The first-order valence-electron chi connectivity index (χ1n) is 4.08. The minimum absolute atomic E-state index is 0.0668. The van der Waals surface area contributed by atoms with Gasteiger partial charge in [-0.1, -0.05) is 0 Å². The molecule has 0 aliphatic heterocycles. The Hall–Kier alpha value is -0.570. The first kappa shape index (κ1) is 8.53. The highest BCUT2D eigenvalue weighted by Gasteiger charge is 2.21. The standard InChI is InChI=1S/C8H14O3/c1-6(9)8(10)11-7-4-2-3-5-7/h6-7,9H,2-5H2,1H3/t6-/m0/s1. The van der Waals surface area contributed by atoms with Crippen molar-refractivity contribution in [1.29, 1.82) is 0 Å². The molecular formula is C8H14O3. The van der Waals surface area contributed by atoms with Crippen molar-refractivity contribution in [2.24, 2.45) is 0 Å². The topological polar surface area (TPSA) is 46.5 Å². The van der Waals surface area contributed by atoms with E-state index in [2.05, 4.69) is 0 Å². The van der Waals surface area contributed by atoms with Crippen LogP contribution in [0.4, 0.5) is 0 Å². The maximum atomic E-state index is 10.8. The molecule has 0 heterocycles. The minimum Gasteiger partial charge on any atom is -0.460 e. The van der Waals surface area contributed by atoms with Gasteiger partial charge in [-0.3, -0.25) is 0 Å². The van der Waals surface area contributed by atoms with Crippen LogP contribution in [-0.2, 0) is 9.53 Å². The summed E-state index contributed by atoms with van der Waals surface area (Å²) < 4.78 is 4.98. The van der Waals surface area contributed by atoms with Crippen LogP contribution in [0.5, 0.6) is 0 Å². The Morgan fingerprint density at radius 1 is 1.55 bits per heavy atom. The minimum atomic E-state index is -0.976. The van der Waals surface area contributed by atoms with Crippen LogP contribution in [0.2, 0.25) is 0 Å². The molecule has 1 saturated carbocycles. The second-order valence-electron chi connectivity index (χ2n) is 3.02. The SMILES string of the molecule is C[C@H](O)C(=O)OC1CCCC1. The number of carbonyl (C=O) groups is 1. The number of aliphatic hydroxyl groups excluding tert-OH is 1. The summed E-state index contributed by atoms with van der Waals surface area (Å²) in [5, 5.41) is 8.81. The van der Waals surface area contributed by atoms with Crippen LogP contribution in [0.1, 0.15) is 32.6 Å². The Balaban J connectivity index is 2.24. The first-order valence-corrected chi connectivity index (χ1v) is 4.08. The van der Waals surface area contributed by atoms with Gasteiger partial charge in [0.2, 0.25) is 0 Å². The van der Waals surface area contributed by atoms with Crippen molar-refractivity contribution in [3.05, 3.63) is 0 Å². The number of aliphatic hydroxyl groups is 1. The maximum absolute atomic E-state index is 10.8. The molecule has 0 saturated heterocycles. The van der Waals surface area contributed by atoms with Gasteiger partial charge in [-0.25, -0.2) is 4.79 Å². The Kier molecular flexibility index (Phi) is 2.88. The van der Waals surface area contributed by atoms with Crippen molar-refractivity contribution in [2.75, 3.05) is 0 Å². The van der Waals surface area contributed by atoms with E-state index >= 15 is 0 Å². The van der Waals surface area contributed by atoms with Gasteiger partial charge >= 0.3 is 5.97 Å². The third-order valence-electron chi connectivity index (χ3n) is 1.93. The lowest BCUT2D eigenvalue weighted by Crippen LogP contribution is -2.24. The lowest BCUT2D eigenvalue weighted by molar-refractivity contribution is -0.157. The summed E-state index contributed by atoms with van der Waals surface area (Å²) in [4.78, 5) is 10.8. The molecule has 0 aromatic carbocycles. The second-order valence-corrected chi connectivity index (χ2v) is 3.02. The summed E-state index contributed by atoms with van der Waals surface area (Å²) in [7, 11) is 0. The van der Waals surface area contributed by atoms with E-state index in [-0.39, 0.29) is 6.10 Å². The Morgan fingerprint density at radius 2 is 2.09 bits per heavy atom. The van der Waals surface area contributed by atoms with Crippen molar-refractivity contribution in [3.63, 3.8) is 0 Å². The molecule has 1 atom stereocenters. The van der Waals surface area contributed by atoms with Gasteiger partial charge in [0.25, 0.3) is 0 Å². The van der Waals surface area contributed by atoms with Gasteiger partial charge in [0.1, 0.15) is 12.2 Å². The number of esters is 1. The molecule has 0 aromatic rings. The van der Waals surface area contributed by atoms with Gasteiger partial charge in [-0.2, -0.15) is 0 Å². The number of hydrogen-bond acceptors (Lipinski definition) is 3. The lowest BCUT2D eigenvalue weighted by Gasteiger charge is -2.11. The molecule has 1 N–H and O–H groups in total. The van der Waals surface area contributed by atoms with Gasteiger partial charge in [0.05, 0.1) is 0 Å². The van der Waals surface area contributed by atoms with E-state index in [1.54, 1.807) is 0 Å². The summed E-state index contributed by atoms with van der Waals surface area (Å²) in [6.45, 7) is 1.43. The molecule has 64 valence electrons. The number of ether oxygens (including phenoxy) is 1. The summed E-state index contributed by atoms with van der Waals surface area (Å²) in [5.74, 6) is -0.489. The molecule has 11 heavy (non-hydrogen) atoms. The van der Waals surface area contributed by atoms with Crippen LogP contribution in [-0.4, -0.2) is 23.3 Å². The van der Waals surface area contributed by atoms with Crippen molar-refractivity contribution in [3.8, 4) is 0 Å². The van der Waals surface area contributed by atoms with Crippen molar-refractivity contribution < 1.29 is 14.6 Å². The van der Waals surface area contributed by atoms with Crippen LogP contribution < -0.4 is 0 Å². The van der Waals surface area contributed by atoms with Gasteiger partial charge < -0.3 is 9.84 Å². The summed E-state index contributed by atoms with van der Waals surface area (Å²) in [6.07, 6.45) is 3.28.